The molecule has 8 heteroatoms. The minimum absolute atomic E-state index is 0.0380. The molecule has 0 aliphatic carbocycles. The van der Waals surface area contributed by atoms with E-state index in [-0.39, 0.29) is 30.3 Å². The van der Waals surface area contributed by atoms with Crippen LogP contribution in [0.15, 0.2) is 6.33 Å². The summed E-state index contributed by atoms with van der Waals surface area (Å²) >= 11 is 1.70. The topological polar surface area (TPSA) is 87.2 Å². The van der Waals surface area contributed by atoms with Crippen LogP contribution in [0, 0.1) is 19.8 Å². The molecule has 0 aromatic carbocycles. The average Bonchev–Trinajstić information content (AvgIpc) is 2.93. The van der Waals surface area contributed by atoms with Gasteiger partial charge in [-0.2, -0.15) is 0 Å². The quantitative estimate of drug-likeness (QED) is 0.818. The van der Waals surface area contributed by atoms with E-state index in [2.05, 4.69) is 39.3 Å². The lowest BCUT2D eigenvalue weighted by atomic mass is 9.95. The fraction of sp³-hybridized carbons (Fsp3) is 0.579. The molecule has 7 nitrogen and oxygen atoms in total. The Morgan fingerprint density at radius 3 is 2.63 bits per heavy atom. The molecule has 0 spiro atoms. The maximum Gasteiger partial charge on any atom is 0.239 e. The highest BCUT2D eigenvalue weighted by molar-refractivity contribution is 7.18. The van der Waals surface area contributed by atoms with Crippen molar-refractivity contribution < 1.29 is 9.59 Å². The number of fused-ring (bicyclic) bond motifs is 1. The van der Waals surface area contributed by atoms with Crippen molar-refractivity contribution in [2.24, 2.45) is 5.92 Å². The molecule has 2 aromatic rings. The van der Waals surface area contributed by atoms with Gasteiger partial charge in [0, 0.05) is 29.9 Å². The van der Waals surface area contributed by atoms with Gasteiger partial charge >= 0.3 is 0 Å². The molecule has 2 N–H and O–H groups in total. The summed E-state index contributed by atoms with van der Waals surface area (Å²) in [6.45, 7) is 9.61. The number of aryl methyl sites for hydroxylation is 2. The second kappa shape index (κ2) is 8.21. The van der Waals surface area contributed by atoms with Gasteiger partial charge in [-0.05, 0) is 46.1 Å². The van der Waals surface area contributed by atoms with Gasteiger partial charge in [-0.3, -0.25) is 9.59 Å². The minimum Gasteiger partial charge on any atom is -0.356 e. The number of amides is 2. The van der Waals surface area contributed by atoms with Gasteiger partial charge in [0.15, 0.2) is 0 Å². The third kappa shape index (κ3) is 4.37. The zero-order chi connectivity index (χ0) is 19.6. The zero-order valence-electron chi connectivity index (χ0n) is 16.3. The summed E-state index contributed by atoms with van der Waals surface area (Å²) < 4.78 is 0. The summed E-state index contributed by atoms with van der Waals surface area (Å²) in [5, 5.41) is 6.67. The molecule has 3 heterocycles. The van der Waals surface area contributed by atoms with E-state index in [9.17, 15) is 9.59 Å². The number of rotatable bonds is 5. The molecule has 0 radical (unpaired) electrons. The fourth-order valence-electron chi connectivity index (χ4n) is 3.44. The largest absolute Gasteiger partial charge is 0.356 e. The highest BCUT2D eigenvalue weighted by Gasteiger charge is 2.27. The molecule has 3 rings (SSSR count). The van der Waals surface area contributed by atoms with E-state index >= 15 is 0 Å². The highest BCUT2D eigenvalue weighted by Crippen LogP contribution is 2.35. The Hall–Kier alpha value is -2.22. The molecule has 1 fully saturated rings. The number of nitrogens with zero attached hydrogens (tertiary/aromatic N) is 3. The number of carbonyl (C=O) groups is 2. The lowest BCUT2D eigenvalue weighted by Gasteiger charge is -2.32. The van der Waals surface area contributed by atoms with Crippen molar-refractivity contribution in [2.75, 3.05) is 24.5 Å². The van der Waals surface area contributed by atoms with Crippen molar-refractivity contribution in [2.45, 2.75) is 46.6 Å². The number of anilines is 1. The van der Waals surface area contributed by atoms with Crippen LogP contribution in [0.5, 0.6) is 0 Å². The van der Waals surface area contributed by atoms with E-state index in [1.54, 1.807) is 17.7 Å². The second-order valence-electron chi connectivity index (χ2n) is 7.36. The van der Waals surface area contributed by atoms with Crippen LogP contribution in [-0.2, 0) is 9.59 Å². The molecular weight excluding hydrogens is 362 g/mol. The van der Waals surface area contributed by atoms with Crippen molar-refractivity contribution in [3.63, 3.8) is 0 Å². The predicted octanol–water partition coefficient (Wildman–Crippen LogP) is 2.17. The van der Waals surface area contributed by atoms with Crippen molar-refractivity contribution in [1.82, 2.24) is 20.6 Å². The first-order chi connectivity index (χ1) is 12.9. The average molecular weight is 390 g/mol. The first kappa shape index (κ1) is 19.5. The third-order valence-electron chi connectivity index (χ3n) is 4.98. The van der Waals surface area contributed by atoms with Crippen molar-refractivity contribution >= 4 is 39.2 Å². The Kier molecular flexibility index (Phi) is 5.94. The van der Waals surface area contributed by atoms with Crippen LogP contribution in [0.25, 0.3) is 10.2 Å². The molecular formula is C19H27N5O2S. The molecule has 1 aliphatic rings. The van der Waals surface area contributed by atoms with Crippen LogP contribution in [0.2, 0.25) is 0 Å². The molecule has 1 saturated heterocycles. The Labute approximate surface area is 163 Å². The molecule has 1 aliphatic heterocycles. The van der Waals surface area contributed by atoms with E-state index in [1.165, 1.54) is 10.4 Å². The van der Waals surface area contributed by atoms with E-state index in [1.807, 2.05) is 13.8 Å². The molecule has 2 aromatic heterocycles. The SMILES string of the molecule is Cc1sc2ncnc(N3CCC(C(=O)NCC(=O)NC(C)C)CC3)c2c1C. The normalized spacial score (nSPS) is 15.4. The summed E-state index contributed by atoms with van der Waals surface area (Å²) in [7, 11) is 0. The fourth-order valence-corrected chi connectivity index (χ4v) is 4.43. The highest BCUT2D eigenvalue weighted by atomic mass is 32.1. The van der Waals surface area contributed by atoms with Crippen LogP contribution >= 0.6 is 11.3 Å². The van der Waals surface area contributed by atoms with Crippen molar-refractivity contribution in [3.8, 4) is 0 Å². The van der Waals surface area contributed by atoms with E-state index in [0.29, 0.717) is 0 Å². The molecule has 0 saturated carbocycles. The summed E-state index contributed by atoms with van der Waals surface area (Å²) in [4.78, 5) is 37.5. The summed E-state index contributed by atoms with van der Waals surface area (Å²) in [5.41, 5.74) is 1.24. The van der Waals surface area contributed by atoms with Crippen molar-refractivity contribution in [3.05, 3.63) is 16.8 Å². The summed E-state index contributed by atoms with van der Waals surface area (Å²) in [6.07, 6.45) is 3.13. The van der Waals surface area contributed by atoms with E-state index in [0.717, 1.165) is 42.0 Å². The Bertz CT molecular complexity index is 840. The predicted molar refractivity (Wildman–Crippen MR) is 108 cm³/mol. The molecule has 0 unspecified atom stereocenters. The molecule has 2 amide bonds. The smallest absolute Gasteiger partial charge is 0.239 e. The van der Waals surface area contributed by atoms with Gasteiger partial charge < -0.3 is 15.5 Å². The van der Waals surface area contributed by atoms with Gasteiger partial charge in [-0.1, -0.05) is 0 Å². The van der Waals surface area contributed by atoms with Crippen LogP contribution < -0.4 is 15.5 Å². The van der Waals surface area contributed by atoms with Gasteiger partial charge in [-0.15, -0.1) is 11.3 Å². The number of nitrogens with one attached hydrogen (secondary N) is 2. The van der Waals surface area contributed by atoms with Gasteiger partial charge in [0.25, 0.3) is 0 Å². The lowest BCUT2D eigenvalue weighted by Crippen LogP contribution is -2.44. The van der Waals surface area contributed by atoms with E-state index in [4.69, 9.17) is 0 Å². The van der Waals surface area contributed by atoms with Crippen LogP contribution in [0.1, 0.15) is 37.1 Å². The molecule has 27 heavy (non-hydrogen) atoms. The zero-order valence-corrected chi connectivity index (χ0v) is 17.2. The Morgan fingerprint density at radius 1 is 1.26 bits per heavy atom. The number of hydrogen-bond donors (Lipinski definition) is 2. The van der Waals surface area contributed by atoms with Gasteiger partial charge in [0.1, 0.15) is 17.0 Å². The van der Waals surface area contributed by atoms with Gasteiger partial charge in [0.2, 0.25) is 11.8 Å². The number of piperidine rings is 1. The first-order valence-corrected chi connectivity index (χ1v) is 10.2. The van der Waals surface area contributed by atoms with Crippen LogP contribution in [-0.4, -0.2) is 47.5 Å². The second-order valence-corrected chi connectivity index (χ2v) is 8.57. The molecule has 0 atom stereocenters. The van der Waals surface area contributed by atoms with Gasteiger partial charge in [0.05, 0.1) is 11.9 Å². The minimum atomic E-state index is -0.150. The van der Waals surface area contributed by atoms with Gasteiger partial charge in [-0.25, -0.2) is 9.97 Å². The lowest BCUT2D eigenvalue weighted by molar-refractivity contribution is -0.129. The third-order valence-corrected chi connectivity index (χ3v) is 6.10. The molecule has 0 bridgehead atoms. The monoisotopic (exact) mass is 389 g/mol. The number of carbonyl (C=O) groups excluding carboxylic acids is 2. The number of aromatic nitrogens is 2. The Morgan fingerprint density at radius 2 is 1.96 bits per heavy atom. The summed E-state index contributed by atoms with van der Waals surface area (Å²) in [6, 6.07) is 0.0755. The van der Waals surface area contributed by atoms with Crippen molar-refractivity contribution in [1.29, 1.82) is 0 Å². The standard InChI is InChI=1S/C19H27N5O2S/c1-11(2)23-15(25)9-20-18(26)14-5-7-24(8-6-14)17-16-12(3)13(4)27-19(16)22-10-21-17/h10-11,14H,5-9H2,1-4H3,(H,20,26)(H,23,25). The van der Waals surface area contributed by atoms with Crippen LogP contribution in [0.4, 0.5) is 5.82 Å². The maximum atomic E-state index is 12.4. The number of thiophene rings is 1. The summed E-state index contributed by atoms with van der Waals surface area (Å²) in [5.74, 6) is 0.721. The Balaban J connectivity index is 1.59. The molecule has 146 valence electrons. The number of hydrogen-bond acceptors (Lipinski definition) is 6. The maximum absolute atomic E-state index is 12.4. The van der Waals surface area contributed by atoms with Crippen LogP contribution in [0.3, 0.4) is 0 Å². The van der Waals surface area contributed by atoms with E-state index < -0.39 is 0 Å². The first-order valence-electron chi connectivity index (χ1n) is 9.39.